The van der Waals surface area contributed by atoms with Gasteiger partial charge in [-0.25, -0.2) is 5.84 Å². The van der Waals surface area contributed by atoms with Gasteiger partial charge in [0.2, 0.25) is 12.4 Å². The second-order valence-corrected chi connectivity index (χ2v) is 5.06. The van der Waals surface area contributed by atoms with E-state index >= 15 is 0 Å². The smallest absolute Gasteiger partial charge is 0.205 e. The maximum absolute atomic E-state index is 5.96. The number of nitrogen functional groups attached to an aromatic ring is 1. The average Bonchev–Trinajstić information content (AvgIpc) is 2.54. The lowest BCUT2D eigenvalue weighted by molar-refractivity contribution is -0.638. The number of pyridine rings is 1. The summed E-state index contributed by atoms with van der Waals surface area (Å²) in [7, 11) is 0. The largest absolute Gasteiger partial charge is 0.207 e. The summed E-state index contributed by atoms with van der Waals surface area (Å²) in [6, 6.07) is 22.9. The number of benzene rings is 2. The van der Waals surface area contributed by atoms with E-state index in [1.807, 2.05) is 36.7 Å². The Morgan fingerprint density at radius 2 is 1.48 bits per heavy atom. The first-order valence-electron chi connectivity index (χ1n) is 7.05. The number of nitrogens with zero attached hydrogens (tertiary/aromatic N) is 1. The maximum atomic E-state index is 5.96. The van der Waals surface area contributed by atoms with Crippen LogP contribution in [-0.2, 0) is 6.42 Å². The lowest BCUT2D eigenvalue weighted by Crippen LogP contribution is -2.44. The van der Waals surface area contributed by atoms with Crippen LogP contribution in [0.2, 0.25) is 0 Å². The molecule has 2 N–H and O–H groups in total. The van der Waals surface area contributed by atoms with E-state index in [9.17, 15) is 0 Å². The molecule has 1 radical (unpaired) electrons. The van der Waals surface area contributed by atoms with Crippen LogP contribution < -0.4 is 10.5 Å². The molecular weight excluding hydrogens is 256 g/mol. The zero-order chi connectivity index (χ0) is 14.5. The average molecular weight is 274 g/mol. The van der Waals surface area contributed by atoms with Gasteiger partial charge in [-0.05, 0) is 23.6 Å². The Balaban J connectivity index is 1.82. The minimum Gasteiger partial charge on any atom is -0.205 e. The Hall–Kier alpha value is -2.61. The quantitative estimate of drug-likeness (QED) is 0.575. The summed E-state index contributed by atoms with van der Waals surface area (Å²) >= 11 is 0. The van der Waals surface area contributed by atoms with Crippen LogP contribution in [0.1, 0.15) is 11.1 Å². The molecule has 0 saturated heterocycles. The molecule has 0 fully saturated rings. The molecule has 3 aromatic rings. The van der Waals surface area contributed by atoms with E-state index in [-0.39, 0.29) is 0 Å². The van der Waals surface area contributed by atoms with Gasteiger partial charge in [0, 0.05) is 17.5 Å². The van der Waals surface area contributed by atoms with Crippen LogP contribution in [0.25, 0.3) is 11.1 Å². The minimum atomic E-state index is 0.902. The lowest BCUT2D eigenvalue weighted by Gasteiger charge is -2.04. The van der Waals surface area contributed by atoms with Crippen molar-refractivity contribution < 1.29 is 4.68 Å². The van der Waals surface area contributed by atoms with Crippen molar-refractivity contribution in [3.8, 4) is 11.1 Å². The zero-order valence-corrected chi connectivity index (χ0v) is 11.8. The normalized spacial score (nSPS) is 10.5. The maximum Gasteiger partial charge on any atom is 0.207 e. The van der Waals surface area contributed by atoms with Gasteiger partial charge in [0.1, 0.15) is 0 Å². The summed E-state index contributed by atoms with van der Waals surface area (Å²) in [5.74, 6) is 5.96. The molecule has 2 heteroatoms. The molecule has 0 aliphatic rings. The van der Waals surface area contributed by atoms with Gasteiger partial charge in [-0.1, -0.05) is 65.3 Å². The molecule has 2 nitrogen and oxygen atoms in total. The van der Waals surface area contributed by atoms with E-state index in [4.69, 9.17) is 5.84 Å². The molecule has 0 bridgehead atoms. The summed E-state index contributed by atoms with van der Waals surface area (Å²) in [5.41, 5.74) is 4.72. The minimum absolute atomic E-state index is 0.902. The number of rotatable bonds is 4. The van der Waals surface area contributed by atoms with Crippen LogP contribution in [0.3, 0.4) is 0 Å². The summed E-state index contributed by atoms with van der Waals surface area (Å²) in [4.78, 5) is 0. The fourth-order valence-electron chi connectivity index (χ4n) is 2.37. The van der Waals surface area contributed by atoms with Gasteiger partial charge in [-0.3, -0.25) is 0 Å². The Morgan fingerprint density at radius 1 is 0.810 bits per heavy atom. The van der Waals surface area contributed by atoms with E-state index < -0.39 is 0 Å². The molecule has 0 unspecified atom stereocenters. The van der Waals surface area contributed by atoms with E-state index in [1.54, 1.807) is 4.68 Å². The van der Waals surface area contributed by atoms with Crippen molar-refractivity contribution >= 4 is 0 Å². The molecule has 103 valence electrons. The highest BCUT2D eigenvalue weighted by molar-refractivity contribution is 5.62. The van der Waals surface area contributed by atoms with Crippen molar-refractivity contribution in [2.75, 3.05) is 5.84 Å². The fourth-order valence-corrected chi connectivity index (χ4v) is 2.37. The van der Waals surface area contributed by atoms with Crippen molar-refractivity contribution in [1.29, 1.82) is 0 Å². The topological polar surface area (TPSA) is 29.9 Å². The SMILES string of the molecule is N[n+]1cc([CH]Cc2ccccc2)cc(-c2ccccc2)c1. The van der Waals surface area contributed by atoms with Crippen molar-refractivity contribution in [1.82, 2.24) is 0 Å². The van der Waals surface area contributed by atoms with Crippen LogP contribution in [-0.4, -0.2) is 0 Å². The molecule has 0 amide bonds. The van der Waals surface area contributed by atoms with Crippen LogP contribution >= 0.6 is 0 Å². The number of hydrogen-bond acceptors (Lipinski definition) is 1. The second kappa shape index (κ2) is 6.23. The Morgan fingerprint density at radius 3 is 2.19 bits per heavy atom. The lowest BCUT2D eigenvalue weighted by atomic mass is 10.0. The van der Waals surface area contributed by atoms with Gasteiger partial charge < -0.3 is 0 Å². The molecule has 0 atom stereocenters. The van der Waals surface area contributed by atoms with Gasteiger partial charge >= 0.3 is 0 Å². The van der Waals surface area contributed by atoms with Crippen LogP contribution in [0, 0.1) is 6.42 Å². The van der Waals surface area contributed by atoms with Gasteiger partial charge in [-0.15, -0.1) is 0 Å². The molecule has 3 rings (SSSR count). The predicted octanol–water partition coefficient (Wildman–Crippen LogP) is 3.15. The van der Waals surface area contributed by atoms with Gasteiger partial charge in [-0.2, -0.15) is 0 Å². The number of aromatic nitrogens is 1. The molecule has 0 saturated carbocycles. The van der Waals surface area contributed by atoms with E-state index in [0.717, 1.165) is 17.5 Å². The molecule has 1 aromatic heterocycles. The highest BCUT2D eigenvalue weighted by atomic mass is 15.3. The first kappa shape index (κ1) is 13.4. The first-order valence-corrected chi connectivity index (χ1v) is 7.05. The monoisotopic (exact) mass is 274 g/mol. The van der Waals surface area contributed by atoms with Crippen LogP contribution in [0.4, 0.5) is 0 Å². The predicted molar refractivity (Wildman–Crippen MR) is 85.8 cm³/mol. The van der Waals surface area contributed by atoms with Gasteiger partial charge in [0.15, 0.2) is 0 Å². The molecule has 1 heterocycles. The van der Waals surface area contributed by atoms with E-state index in [2.05, 4.69) is 48.9 Å². The summed E-state index contributed by atoms with van der Waals surface area (Å²) in [6.45, 7) is 0. The Labute approximate surface area is 125 Å². The number of hydrogen-bond donors (Lipinski definition) is 1. The second-order valence-electron chi connectivity index (χ2n) is 5.06. The first-order chi connectivity index (χ1) is 10.3. The van der Waals surface area contributed by atoms with Gasteiger partial charge in [0.25, 0.3) is 0 Å². The molecule has 21 heavy (non-hydrogen) atoms. The zero-order valence-electron chi connectivity index (χ0n) is 11.8. The Bertz CT molecular complexity index is 706. The third-order valence-corrected chi connectivity index (χ3v) is 3.43. The highest BCUT2D eigenvalue weighted by Crippen LogP contribution is 2.19. The summed E-state index contributed by atoms with van der Waals surface area (Å²) in [6.07, 6.45) is 6.98. The molecule has 2 aromatic carbocycles. The standard InChI is InChI=1S/C19H18N2/c20-21-14-17(12-11-16-7-3-1-4-8-16)13-19(15-21)18-9-5-2-6-10-18/h1-10,12-15H,11,20H2/q+1. The Kier molecular flexibility index (Phi) is 3.97. The van der Waals surface area contributed by atoms with E-state index in [1.165, 1.54) is 11.1 Å². The third kappa shape index (κ3) is 3.48. The van der Waals surface area contributed by atoms with Crippen LogP contribution in [0.15, 0.2) is 79.1 Å². The third-order valence-electron chi connectivity index (χ3n) is 3.43. The number of nitrogens with two attached hydrogens (primary N) is 1. The van der Waals surface area contributed by atoms with Crippen molar-refractivity contribution in [3.63, 3.8) is 0 Å². The van der Waals surface area contributed by atoms with Crippen molar-refractivity contribution in [3.05, 3.63) is 96.7 Å². The molecule has 0 spiro atoms. The summed E-state index contributed by atoms with van der Waals surface area (Å²) < 4.78 is 1.62. The highest BCUT2D eigenvalue weighted by Gasteiger charge is 2.07. The van der Waals surface area contributed by atoms with Crippen molar-refractivity contribution in [2.24, 2.45) is 0 Å². The summed E-state index contributed by atoms with van der Waals surface area (Å²) in [5, 5.41) is 0. The molecular formula is C19H18N2+. The van der Waals surface area contributed by atoms with Crippen molar-refractivity contribution in [2.45, 2.75) is 6.42 Å². The van der Waals surface area contributed by atoms with Crippen LogP contribution in [0.5, 0.6) is 0 Å². The fraction of sp³-hybridized carbons (Fsp3) is 0.0526. The molecule has 0 aliphatic carbocycles. The molecule has 0 aliphatic heterocycles. The van der Waals surface area contributed by atoms with Gasteiger partial charge in [0.05, 0.1) is 0 Å². The van der Waals surface area contributed by atoms with E-state index in [0.29, 0.717) is 0 Å².